The molecular weight excluding hydrogens is 380 g/mol. The summed E-state index contributed by atoms with van der Waals surface area (Å²) in [6, 6.07) is 18.9. The maximum Gasteiger partial charge on any atom is 0.273 e. The van der Waals surface area contributed by atoms with Crippen LogP contribution in [-0.2, 0) is 17.8 Å². The minimum absolute atomic E-state index is 0.0544. The molecule has 4 aromatic rings. The molecule has 0 spiro atoms. The van der Waals surface area contributed by atoms with E-state index in [0.717, 1.165) is 27.6 Å². The molecule has 3 aromatic carbocycles. The molecule has 0 unspecified atom stereocenters. The second-order valence-corrected chi connectivity index (χ2v) is 6.86. The molecule has 0 saturated heterocycles. The van der Waals surface area contributed by atoms with Gasteiger partial charge >= 0.3 is 0 Å². The number of fused-ring (bicyclic) bond motifs is 2. The lowest BCUT2D eigenvalue weighted by atomic mass is 10.1. The van der Waals surface area contributed by atoms with E-state index in [1.165, 1.54) is 7.11 Å². The highest BCUT2D eigenvalue weighted by atomic mass is 16.5. The Morgan fingerprint density at radius 3 is 2.43 bits per heavy atom. The normalized spacial score (nSPS) is 10.9. The fourth-order valence-corrected chi connectivity index (χ4v) is 3.51. The number of nitrogens with zero attached hydrogens (tertiary/aromatic N) is 2. The summed E-state index contributed by atoms with van der Waals surface area (Å²) in [5.41, 5.74) is 7.04. The molecule has 7 heteroatoms. The van der Waals surface area contributed by atoms with E-state index in [1.807, 2.05) is 60.0 Å². The van der Waals surface area contributed by atoms with Crippen LogP contribution in [0.3, 0.4) is 0 Å². The average Bonchev–Trinajstić information content (AvgIpc) is 3.14. The molecule has 0 saturated carbocycles. The van der Waals surface area contributed by atoms with E-state index in [-0.39, 0.29) is 12.5 Å². The molecule has 1 aromatic heterocycles. The van der Waals surface area contributed by atoms with Crippen molar-refractivity contribution in [2.45, 2.75) is 19.9 Å². The number of carbonyl (C=O) groups excluding carboxylic acids is 2. The van der Waals surface area contributed by atoms with Crippen molar-refractivity contribution in [1.29, 1.82) is 0 Å². The molecule has 7 nitrogen and oxygen atoms in total. The number of imidazole rings is 1. The van der Waals surface area contributed by atoms with Gasteiger partial charge in [0.25, 0.3) is 11.8 Å². The first kappa shape index (κ1) is 19.4. The largest absolute Gasteiger partial charge is 0.496 e. The molecule has 4 rings (SSSR count). The Morgan fingerprint density at radius 2 is 1.70 bits per heavy atom. The van der Waals surface area contributed by atoms with Gasteiger partial charge in [-0.3, -0.25) is 20.4 Å². The molecule has 0 bridgehead atoms. The summed E-state index contributed by atoms with van der Waals surface area (Å²) >= 11 is 0. The van der Waals surface area contributed by atoms with E-state index in [9.17, 15) is 9.59 Å². The van der Waals surface area contributed by atoms with E-state index in [4.69, 9.17) is 4.74 Å². The van der Waals surface area contributed by atoms with E-state index < -0.39 is 5.91 Å². The lowest BCUT2D eigenvalue weighted by Gasteiger charge is -2.13. The van der Waals surface area contributed by atoms with Crippen LogP contribution in [0, 0.1) is 0 Å². The van der Waals surface area contributed by atoms with Crippen molar-refractivity contribution in [3.63, 3.8) is 0 Å². The van der Waals surface area contributed by atoms with Gasteiger partial charge in [-0.25, -0.2) is 4.98 Å². The van der Waals surface area contributed by atoms with Gasteiger partial charge in [-0.1, -0.05) is 43.3 Å². The van der Waals surface area contributed by atoms with Gasteiger partial charge in [0, 0.05) is 6.42 Å². The molecule has 0 atom stereocenters. The zero-order valence-electron chi connectivity index (χ0n) is 16.8. The van der Waals surface area contributed by atoms with Gasteiger partial charge in [-0.05, 0) is 35.0 Å². The molecule has 1 heterocycles. The summed E-state index contributed by atoms with van der Waals surface area (Å²) < 4.78 is 7.21. The van der Waals surface area contributed by atoms with Gasteiger partial charge in [0.2, 0.25) is 0 Å². The zero-order valence-corrected chi connectivity index (χ0v) is 16.8. The highest BCUT2D eigenvalue weighted by Crippen LogP contribution is 2.25. The lowest BCUT2D eigenvalue weighted by Crippen LogP contribution is -2.43. The first-order chi connectivity index (χ1) is 14.6. The van der Waals surface area contributed by atoms with Crippen LogP contribution in [0.25, 0.3) is 21.8 Å². The number of hydrazine groups is 1. The number of nitrogens with one attached hydrogen (secondary N) is 2. The number of para-hydroxylation sites is 2. The Labute approximate surface area is 173 Å². The lowest BCUT2D eigenvalue weighted by molar-refractivity contribution is -0.122. The fraction of sp³-hybridized carbons (Fsp3) is 0.174. The van der Waals surface area contributed by atoms with Gasteiger partial charge in [0.15, 0.2) is 0 Å². The van der Waals surface area contributed by atoms with Crippen molar-refractivity contribution in [2.75, 3.05) is 7.11 Å². The molecule has 0 aliphatic carbocycles. The Hall–Kier alpha value is -3.87. The smallest absolute Gasteiger partial charge is 0.273 e. The highest BCUT2D eigenvalue weighted by molar-refractivity contribution is 6.02. The molecule has 0 aliphatic heterocycles. The van der Waals surface area contributed by atoms with Crippen molar-refractivity contribution in [2.24, 2.45) is 0 Å². The van der Waals surface area contributed by atoms with Crippen LogP contribution < -0.4 is 15.6 Å². The fourth-order valence-electron chi connectivity index (χ4n) is 3.51. The van der Waals surface area contributed by atoms with E-state index in [1.54, 1.807) is 12.1 Å². The van der Waals surface area contributed by atoms with Gasteiger partial charge in [0.05, 0.1) is 23.7 Å². The van der Waals surface area contributed by atoms with Crippen LogP contribution in [0.2, 0.25) is 0 Å². The first-order valence-electron chi connectivity index (χ1n) is 9.70. The second kappa shape index (κ2) is 8.24. The SMILES string of the molecule is CCc1nc2ccccc2n1CC(=O)NNC(=O)c1cc2ccccc2cc1OC. The molecule has 0 aliphatic rings. The summed E-state index contributed by atoms with van der Waals surface area (Å²) in [6.07, 6.45) is 0.697. The van der Waals surface area contributed by atoms with Crippen LogP contribution >= 0.6 is 0 Å². The standard InChI is InChI=1S/C23H22N4O3/c1-3-21-24-18-10-6-7-11-19(18)27(21)14-22(28)25-26-23(29)17-12-15-8-4-5-9-16(15)13-20(17)30-2/h4-13H,3,14H2,1-2H3,(H,25,28)(H,26,29). The number of aryl methyl sites for hydroxylation is 1. The molecule has 2 amide bonds. The van der Waals surface area contributed by atoms with Crippen LogP contribution in [0.1, 0.15) is 23.1 Å². The minimum Gasteiger partial charge on any atom is -0.496 e. The number of carbonyl (C=O) groups is 2. The monoisotopic (exact) mass is 402 g/mol. The highest BCUT2D eigenvalue weighted by Gasteiger charge is 2.16. The third-order valence-corrected chi connectivity index (χ3v) is 4.98. The quantitative estimate of drug-likeness (QED) is 0.502. The third kappa shape index (κ3) is 3.69. The zero-order chi connectivity index (χ0) is 21.1. The number of hydrogen-bond acceptors (Lipinski definition) is 4. The van der Waals surface area contributed by atoms with Crippen molar-refractivity contribution in [3.8, 4) is 5.75 Å². The Kier molecular flexibility index (Phi) is 5.34. The number of benzene rings is 3. The van der Waals surface area contributed by atoms with Crippen molar-refractivity contribution in [3.05, 3.63) is 72.1 Å². The van der Waals surface area contributed by atoms with Crippen LogP contribution in [-0.4, -0.2) is 28.5 Å². The minimum atomic E-state index is -0.447. The predicted octanol–water partition coefficient (Wildman–Crippen LogP) is 3.22. The molecule has 30 heavy (non-hydrogen) atoms. The summed E-state index contributed by atoms with van der Waals surface area (Å²) in [4.78, 5) is 29.8. The van der Waals surface area contributed by atoms with Crippen LogP contribution in [0.15, 0.2) is 60.7 Å². The maximum absolute atomic E-state index is 12.7. The maximum atomic E-state index is 12.7. The number of methoxy groups -OCH3 is 1. The number of amides is 2. The summed E-state index contributed by atoms with van der Waals surface area (Å²) in [5.74, 6) is 0.460. The number of aromatic nitrogens is 2. The Morgan fingerprint density at radius 1 is 1.00 bits per heavy atom. The van der Waals surface area contributed by atoms with Gasteiger partial charge in [-0.2, -0.15) is 0 Å². The number of rotatable bonds is 5. The molecule has 0 radical (unpaired) electrons. The van der Waals surface area contributed by atoms with Crippen molar-refractivity contribution in [1.82, 2.24) is 20.4 Å². The number of ether oxygens (including phenoxy) is 1. The third-order valence-electron chi connectivity index (χ3n) is 4.98. The van der Waals surface area contributed by atoms with Crippen LogP contribution in [0.5, 0.6) is 5.75 Å². The van der Waals surface area contributed by atoms with E-state index in [2.05, 4.69) is 15.8 Å². The van der Waals surface area contributed by atoms with Gasteiger partial charge < -0.3 is 9.30 Å². The van der Waals surface area contributed by atoms with Crippen molar-refractivity contribution < 1.29 is 14.3 Å². The Bertz CT molecular complexity index is 1250. The van der Waals surface area contributed by atoms with Crippen LogP contribution in [0.4, 0.5) is 0 Å². The molecule has 0 fully saturated rings. The predicted molar refractivity (Wildman–Crippen MR) is 115 cm³/mol. The number of hydrogen-bond donors (Lipinski definition) is 2. The first-order valence-corrected chi connectivity index (χ1v) is 9.70. The topological polar surface area (TPSA) is 85.3 Å². The average molecular weight is 402 g/mol. The van der Waals surface area contributed by atoms with E-state index in [0.29, 0.717) is 17.7 Å². The van der Waals surface area contributed by atoms with E-state index >= 15 is 0 Å². The van der Waals surface area contributed by atoms with Crippen molar-refractivity contribution >= 4 is 33.6 Å². The molecular formula is C23H22N4O3. The molecule has 152 valence electrons. The van der Waals surface area contributed by atoms with Gasteiger partial charge in [0.1, 0.15) is 18.1 Å². The summed E-state index contributed by atoms with van der Waals surface area (Å²) in [6.45, 7) is 2.04. The second-order valence-electron chi connectivity index (χ2n) is 6.86. The summed E-state index contributed by atoms with van der Waals surface area (Å²) in [5, 5.41) is 1.88. The molecule has 2 N–H and O–H groups in total. The Balaban J connectivity index is 1.50. The summed E-state index contributed by atoms with van der Waals surface area (Å²) in [7, 11) is 1.51. The van der Waals surface area contributed by atoms with Gasteiger partial charge in [-0.15, -0.1) is 0 Å².